The molecule has 0 amide bonds. The fraction of sp³-hybridized carbons (Fsp3) is 0.455. The summed E-state index contributed by atoms with van der Waals surface area (Å²) in [5, 5.41) is 3.26. The second kappa shape index (κ2) is 5.75. The minimum atomic E-state index is -0.699. The predicted molar refractivity (Wildman–Crippen MR) is 67.6 cm³/mol. The van der Waals surface area contributed by atoms with Crippen LogP contribution in [0.3, 0.4) is 0 Å². The van der Waals surface area contributed by atoms with Crippen molar-refractivity contribution in [2.75, 3.05) is 29.1 Å². The summed E-state index contributed by atoms with van der Waals surface area (Å²) in [5.74, 6) is 1.42. The zero-order valence-corrected chi connectivity index (χ0v) is 10.1. The van der Waals surface area contributed by atoms with E-state index in [9.17, 15) is 4.21 Å². The van der Waals surface area contributed by atoms with Crippen LogP contribution < -0.4 is 11.1 Å². The Morgan fingerprint density at radius 1 is 1.47 bits per heavy atom. The van der Waals surface area contributed by atoms with Crippen molar-refractivity contribution in [1.82, 2.24) is 0 Å². The van der Waals surface area contributed by atoms with E-state index in [2.05, 4.69) is 5.32 Å². The SMILES string of the molecule is CCS(=O)CCNc1ccc(N)cc1C. The van der Waals surface area contributed by atoms with Crippen LogP contribution in [0.5, 0.6) is 0 Å². The van der Waals surface area contributed by atoms with Gasteiger partial charge in [0.15, 0.2) is 0 Å². The summed E-state index contributed by atoms with van der Waals surface area (Å²) in [6.07, 6.45) is 0. The highest BCUT2D eigenvalue weighted by Gasteiger charge is 1.99. The number of aryl methyl sites for hydroxylation is 1. The maximum Gasteiger partial charge on any atom is 0.0408 e. The highest BCUT2D eigenvalue weighted by atomic mass is 32.2. The van der Waals surface area contributed by atoms with Gasteiger partial charge in [-0.3, -0.25) is 4.21 Å². The van der Waals surface area contributed by atoms with Crippen molar-refractivity contribution >= 4 is 22.2 Å². The summed E-state index contributed by atoms with van der Waals surface area (Å²) in [7, 11) is -0.699. The summed E-state index contributed by atoms with van der Waals surface area (Å²) in [6.45, 7) is 4.69. The third-order valence-corrected chi connectivity index (χ3v) is 3.52. The maximum absolute atomic E-state index is 11.2. The van der Waals surface area contributed by atoms with E-state index < -0.39 is 10.8 Å². The number of nitrogen functional groups attached to an aromatic ring is 1. The van der Waals surface area contributed by atoms with Gasteiger partial charge >= 0.3 is 0 Å². The topological polar surface area (TPSA) is 55.1 Å². The van der Waals surface area contributed by atoms with Crippen LogP contribution in [0, 0.1) is 6.92 Å². The van der Waals surface area contributed by atoms with Gasteiger partial charge in [-0.05, 0) is 30.7 Å². The molecule has 0 saturated heterocycles. The van der Waals surface area contributed by atoms with Crippen LogP contribution in [0.4, 0.5) is 11.4 Å². The first-order chi connectivity index (χ1) is 7.13. The van der Waals surface area contributed by atoms with E-state index in [1.54, 1.807) is 0 Å². The monoisotopic (exact) mass is 226 g/mol. The Bertz CT molecular complexity index is 352. The van der Waals surface area contributed by atoms with Crippen LogP contribution in [0.1, 0.15) is 12.5 Å². The molecule has 1 rings (SSSR count). The molecule has 0 aliphatic rings. The smallest absolute Gasteiger partial charge is 0.0408 e. The average molecular weight is 226 g/mol. The third kappa shape index (κ3) is 3.91. The molecule has 0 heterocycles. The Labute approximate surface area is 93.5 Å². The average Bonchev–Trinajstić information content (AvgIpc) is 2.21. The molecule has 0 aromatic heterocycles. The van der Waals surface area contributed by atoms with Crippen LogP contribution in [-0.2, 0) is 10.8 Å². The normalized spacial score (nSPS) is 12.4. The maximum atomic E-state index is 11.2. The Morgan fingerprint density at radius 3 is 2.80 bits per heavy atom. The largest absolute Gasteiger partial charge is 0.399 e. The minimum absolute atomic E-state index is 0.695. The molecule has 3 nitrogen and oxygen atoms in total. The number of anilines is 2. The summed E-state index contributed by atoms with van der Waals surface area (Å²) >= 11 is 0. The first kappa shape index (κ1) is 12.0. The summed E-state index contributed by atoms with van der Waals surface area (Å²) < 4.78 is 11.2. The van der Waals surface area contributed by atoms with Crippen LogP contribution in [-0.4, -0.2) is 22.3 Å². The molecule has 15 heavy (non-hydrogen) atoms. The number of hydrogen-bond acceptors (Lipinski definition) is 3. The molecule has 4 heteroatoms. The van der Waals surface area contributed by atoms with Gasteiger partial charge < -0.3 is 11.1 Å². The molecule has 0 fully saturated rings. The molecule has 1 atom stereocenters. The van der Waals surface area contributed by atoms with Crippen molar-refractivity contribution in [3.63, 3.8) is 0 Å². The van der Waals surface area contributed by atoms with E-state index in [0.717, 1.165) is 29.2 Å². The molecule has 0 bridgehead atoms. The quantitative estimate of drug-likeness (QED) is 0.752. The molecule has 3 N–H and O–H groups in total. The van der Waals surface area contributed by atoms with E-state index in [1.165, 1.54) is 0 Å². The first-order valence-electron chi connectivity index (χ1n) is 5.08. The lowest BCUT2D eigenvalue weighted by Gasteiger charge is -2.09. The Balaban J connectivity index is 2.47. The lowest BCUT2D eigenvalue weighted by molar-refractivity contribution is 0.684. The van der Waals surface area contributed by atoms with Gasteiger partial charge in [0.25, 0.3) is 0 Å². The number of rotatable bonds is 5. The van der Waals surface area contributed by atoms with Crippen molar-refractivity contribution in [3.8, 4) is 0 Å². The Hall–Kier alpha value is -1.03. The van der Waals surface area contributed by atoms with E-state index in [0.29, 0.717) is 5.75 Å². The number of nitrogens with two attached hydrogens (primary N) is 1. The second-order valence-corrected chi connectivity index (χ2v) is 5.30. The lowest BCUT2D eigenvalue weighted by Crippen LogP contribution is -2.12. The third-order valence-electron chi connectivity index (χ3n) is 2.22. The molecular formula is C11H18N2OS. The van der Waals surface area contributed by atoms with Crippen LogP contribution in [0.2, 0.25) is 0 Å². The summed E-state index contributed by atoms with van der Waals surface area (Å²) in [6, 6.07) is 5.75. The fourth-order valence-electron chi connectivity index (χ4n) is 1.33. The predicted octanol–water partition coefficient (Wildman–Crippen LogP) is 1.76. The van der Waals surface area contributed by atoms with Crippen LogP contribution in [0.15, 0.2) is 18.2 Å². The highest BCUT2D eigenvalue weighted by molar-refractivity contribution is 7.84. The standard InChI is InChI=1S/C11H18N2OS/c1-3-15(14)7-6-13-11-5-4-10(12)8-9(11)2/h4-5,8,13H,3,6-7,12H2,1-2H3. The van der Waals surface area contributed by atoms with Gasteiger partial charge in [0.05, 0.1) is 0 Å². The molecular weight excluding hydrogens is 208 g/mol. The summed E-state index contributed by atoms with van der Waals surface area (Å²) in [5.41, 5.74) is 8.61. The molecule has 0 aliphatic carbocycles. The van der Waals surface area contributed by atoms with E-state index in [4.69, 9.17) is 5.73 Å². The Kier molecular flexibility index (Phi) is 4.62. The second-order valence-electron chi connectivity index (χ2n) is 3.43. The molecule has 84 valence electrons. The van der Waals surface area contributed by atoms with Crippen molar-refractivity contribution in [1.29, 1.82) is 0 Å². The minimum Gasteiger partial charge on any atom is -0.399 e. The molecule has 1 unspecified atom stereocenters. The molecule has 0 radical (unpaired) electrons. The van der Waals surface area contributed by atoms with Crippen LogP contribution in [0.25, 0.3) is 0 Å². The van der Waals surface area contributed by atoms with Gasteiger partial charge in [-0.15, -0.1) is 0 Å². The molecule has 0 aliphatic heterocycles. The van der Waals surface area contributed by atoms with Crippen molar-refractivity contribution in [2.24, 2.45) is 0 Å². The fourth-order valence-corrected chi connectivity index (χ4v) is 1.95. The van der Waals surface area contributed by atoms with Crippen molar-refractivity contribution in [3.05, 3.63) is 23.8 Å². The number of benzene rings is 1. The molecule has 0 saturated carbocycles. The van der Waals surface area contributed by atoms with Crippen LogP contribution >= 0.6 is 0 Å². The zero-order chi connectivity index (χ0) is 11.3. The van der Waals surface area contributed by atoms with Crippen molar-refractivity contribution < 1.29 is 4.21 Å². The first-order valence-corrected chi connectivity index (χ1v) is 6.57. The zero-order valence-electron chi connectivity index (χ0n) is 9.25. The molecule has 1 aromatic rings. The van der Waals surface area contributed by atoms with E-state index in [1.807, 2.05) is 32.0 Å². The van der Waals surface area contributed by atoms with Gasteiger partial charge in [0.1, 0.15) is 0 Å². The highest BCUT2D eigenvalue weighted by Crippen LogP contribution is 2.17. The van der Waals surface area contributed by atoms with Gasteiger partial charge in [0, 0.05) is 40.2 Å². The number of nitrogens with one attached hydrogen (secondary N) is 1. The molecule has 0 spiro atoms. The number of hydrogen-bond donors (Lipinski definition) is 2. The molecule has 1 aromatic carbocycles. The lowest BCUT2D eigenvalue weighted by atomic mass is 10.2. The van der Waals surface area contributed by atoms with Gasteiger partial charge in [-0.1, -0.05) is 6.92 Å². The summed E-state index contributed by atoms with van der Waals surface area (Å²) in [4.78, 5) is 0. The van der Waals surface area contributed by atoms with Gasteiger partial charge in [-0.2, -0.15) is 0 Å². The Morgan fingerprint density at radius 2 is 2.20 bits per heavy atom. The van der Waals surface area contributed by atoms with Gasteiger partial charge in [-0.25, -0.2) is 0 Å². The van der Waals surface area contributed by atoms with Gasteiger partial charge in [0.2, 0.25) is 0 Å². The van der Waals surface area contributed by atoms with E-state index in [-0.39, 0.29) is 0 Å². The van der Waals surface area contributed by atoms with Crippen molar-refractivity contribution in [2.45, 2.75) is 13.8 Å². The van der Waals surface area contributed by atoms with E-state index >= 15 is 0 Å².